The zero-order valence-electron chi connectivity index (χ0n) is 7.56. The highest BCUT2D eigenvalue weighted by Gasteiger charge is 2.31. The van der Waals surface area contributed by atoms with Crippen LogP contribution in [0.2, 0.25) is 0 Å². The number of carbonyl (C=O) groups is 2. The number of benzene rings is 1. The van der Waals surface area contributed by atoms with Crippen molar-refractivity contribution in [2.24, 2.45) is 5.92 Å². The molecule has 0 spiro atoms. The number of rotatable bonds is 2. The molecule has 1 aromatic carbocycles. The predicted octanol–water partition coefficient (Wildman–Crippen LogP) is 1.52. The minimum atomic E-state index is -0.906. The summed E-state index contributed by atoms with van der Waals surface area (Å²) in [7, 11) is 0. The van der Waals surface area contributed by atoms with Crippen molar-refractivity contribution in [1.82, 2.24) is 0 Å². The topological polar surface area (TPSA) is 54.4 Å². The summed E-state index contributed by atoms with van der Waals surface area (Å²) in [6.45, 7) is 0. The SMILES string of the molecule is O=C(O)C[C@@H]1Cc2ccccc2C1=O. The summed E-state index contributed by atoms with van der Waals surface area (Å²) in [5.41, 5.74) is 1.67. The summed E-state index contributed by atoms with van der Waals surface area (Å²) in [5.74, 6) is -1.29. The van der Waals surface area contributed by atoms with Crippen LogP contribution in [0.5, 0.6) is 0 Å². The summed E-state index contributed by atoms with van der Waals surface area (Å²) in [6.07, 6.45) is 0.509. The van der Waals surface area contributed by atoms with Gasteiger partial charge >= 0.3 is 5.97 Å². The van der Waals surface area contributed by atoms with Gasteiger partial charge in [-0.1, -0.05) is 24.3 Å². The van der Waals surface area contributed by atoms with Crippen LogP contribution in [0.25, 0.3) is 0 Å². The van der Waals surface area contributed by atoms with Gasteiger partial charge in [0.15, 0.2) is 5.78 Å². The minimum Gasteiger partial charge on any atom is -0.481 e. The molecule has 1 aliphatic rings. The summed E-state index contributed by atoms with van der Waals surface area (Å²) >= 11 is 0. The van der Waals surface area contributed by atoms with E-state index in [2.05, 4.69) is 0 Å². The molecule has 72 valence electrons. The van der Waals surface area contributed by atoms with E-state index in [-0.39, 0.29) is 18.1 Å². The van der Waals surface area contributed by atoms with Crippen molar-refractivity contribution in [3.8, 4) is 0 Å². The quantitative estimate of drug-likeness (QED) is 0.769. The number of fused-ring (bicyclic) bond motifs is 1. The van der Waals surface area contributed by atoms with Crippen LogP contribution in [0, 0.1) is 5.92 Å². The Labute approximate surface area is 81.4 Å². The summed E-state index contributed by atoms with van der Waals surface area (Å²) < 4.78 is 0. The maximum atomic E-state index is 11.7. The highest BCUT2D eigenvalue weighted by atomic mass is 16.4. The second kappa shape index (κ2) is 3.25. The molecule has 1 N–H and O–H groups in total. The number of ketones is 1. The molecule has 1 atom stereocenters. The van der Waals surface area contributed by atoms with E-state index in [1.54, 1.807) is 12.1 Å². The standard InChI is InChI=1S/C11H10O3/c12-10(13)6-8-5-7-3-1-2-4-9(7)11(8)14/h1-4,8H,5-6H2,(H,12,13)/t8-/m0/s1. The van der Waals surface area contributed by atoms with Gasteiger partial charge in [-0.25, -0.2) is 0 Å². The van der Waals surface area contributed by atoms with Crippen molar-refractivity contribution in [3.63, 3.8) is 0 Å². The van der Waals surface area contributed by atoms with Gasteiger partial charge in [0.05, 0.1) is 6.42 Å². The second-order valence-corrected chi connectivity index (χ2v) is 3.52. The predicted molar refractivity (Wildman–Crippen MR) is 50.2 cm³/mol. The first kappa shape index (κ1) is 8.94. The van der Waals surface area contributed by atoms with Crippen LogP contribution in [-0.4, -0.2) is 16.9 Å². The fourth-order valence-electron chi connectivity index (χ4n) is 1.89. The van der Waals surface area contributed by atoms with Crippen LogP contribution >= 0.6 is 0 Å². The van der Waals surface area contributed by atoms with E-state index in [0.717, 1.165) is 5.56 Å². The molecule has 1 aliphatic carbocycles. The number of carboxylic acids is 1. The van der Waals surface area contributed by atoms with Gasteiger partial charge in [0.25, 0.3) is 0 Å². The molecule has 2 rings (SSSR count). The number of hydrogen-bond donors (Lipinski definition) is 1. The highest BCUT2D eigenvalue weighted by Crippen LogP contribution is 2.28. The Morgan fingerprint density at radius 2 is 2.14 bits per heavy atom. The first-order valence-corrected chi connectivity index (χ1v) is 4.52. The van der Waals surface area contributed by atoms with Crippen molar-refractivity contribution >= 4 is 11.8 Å². The molecular formula is C11H10O3. The minimum absolute atomic E-state index is 0.0250. The largest absolute Gasteiger partial charge is 0.481 e. The van der Waals surface area contributed by atoms with Gasteiger partial charge < -0.3 is 5.11 Å². The molecule has 0 saturated heterocycles. The van der Waals surface area contributed by atoms with E-state index in [4.69, 9.17) is 5.11 Å². The number of aliphatic carboxylic acids is 1. The third-order valence-electron chi connectivity index (χ3n) is 2.54. The Balaban J connectivity index is 2.26. The number of carboxylic acid groups (broad SMARTS) is 1. The monoisotopic (exact) mass is 190 g/mol. The van der Waals surface area contributed by atoms with Gasteiger partial charge in [-0.2, -0.15) is 0 Å². The van der Waals surface area contributed by atoms with Crippen LogP contribution in [0.3, 0.4) is 0 Å². The molecule has 0 bridgehead atoms. The van der Waals surface area contributed by atoms with Crippen molar-refractivity contribution in [1.29, 1.82) is 0 Å². The lowest BCUT2D eigenvalue weighted by molar-refractivity contribution is -0.137. The second-order valence-electron chi connectivity index (χ2n) is 3.52. The molecule has 0 aliphatic heterocycles. The molecule has 3 heteroatoms. The Bertz CT molecular complexity index is 395. The van der Waals surface area contributed by atoms with Crippen LogP contribution in [-0.2, 0) is 11.2 Å². The third kappa shape index (κ3) is 1.41. The van der Waals surface area contributed by atoms with E-state index in [9.17, 15) is 9.59 Å². The van der Waals surface area contributed by atoms with Crippen LogP contribution in [0.15, 0.2) is 24.3 Å². The molecule has 0 aromatic heterocycles. The molecule has 1 aromatic rings. The molecule has 0 amide bonds. The molecule has 0 heterocycles. The van der Waals surface area contributed by atoms with E-state index >= 15 is 0 Å². The Kier molecular flexibility index (Phi) is 2.08. The maximum absolute atomic E-state index is 11.7. The summed E-state index contributed by atoms with van der Waals surface area (Å²) in [4.78, 5) is 22.2. The van der Waals surface area contributed by atoms with Gasteiger partial charge in [-0.05, 0) is 12.0 Å². The van der Waals surface area contributed by atoms with E-state index < -0.39 is 5.97 Å². The molecule has 14 heavy (non-hydrogen) atoms. The fourth-order valence-corrected chi connectivity index (χ4v) is 1.89. The summed E-state index contributed by atoms with van der Waals surface area (Å²) in [6, 6.07) is 7.32. The van der Waals surface area contributed by atoms with Gasteiger partial charge in [-0.15, -0.1) is 0 Å². The fraction of sp³-hybridized carbons (Fsp3) is 0.273. The lowest BCUT2D eigenvalue weighted by Crippen LogP contribution is -2.13. The molecule has 0 saturated carbocycles. The first-order chi connectivity index (χ1) is 6.68. The first-order valence-electron chi connectivity index (χ1n) is 4.52. The normalized spacial score (nSPS) is 19.4. The number of Topliss-reactive ketones (excluding diaryl/α,β-unsaturated/α-hetero) is 1. The van der Waals surface area contributed by atoms with Gasteiger partial charge in [0.1, 0.15) is 0 Å². The molecular weight excluding hydrogens is 180 g/mol. The van der Waals surface area contributed by atoms with Crippen LogP contribution in [0.4, 0.5) is 0 Å². The van der Waals surface area contributed by atoms with Gasteiger partial charge in [0.2, 0.25) is 0 Å². The van der Waals surface area contributed by atoms with Crippen molar-refractivity contribution in [2.75, 3.05) is 0 Å². The van der Waals surface area contributed by atoms with E-state index in [1.165, 1.54) is 0 Å². The van der Waals surface area contributed by atoms with Crippen molar-refractivity contribution in [2.45, 2.75) is 12.8 Å². The highest BCUT2D eigenvalue weighted by molar-refractivity contribution is 6.03. The molecule has 0 fully saturated rings. The van der Waals surface area contributed by atoms with Gasteiger partial charge in [-0.3, -0.25) is 9.59 Å². The molecule has 3 nitrogen and oxygen atoms in total. The van der Waals surface area contributed by atoms with E-state index in [0.29, 0.717) is 12.0 Å². The molecule has 0 unspecified atom stereocenters. The Morgan fingerprint density at radius 1 is 1.43 bits per heavy atom. The van der Waals surface area contributed by atoms with Crippen molar-refractivity contribution < 1.29 is 14.7 Å². The Morgan fingerprint density at radius 3 is 2.79 bits per heavy atom. The Hall–Kier alpha value is -1.64. The molecule has 0 radical (unpaired) electrons. The maximum Gasteiger partial charge on any atom is 0.304 e. The zero-order valence-corrected chi connectivity index (χ0v) is 7.56. The third-order valence-corrected chi connectivity index (χ3v) is 2.54. The lowest BCUT2D eigenvalue weighted by Gasteiger charge is -2.01. The number of carbonyl (C=O) groups excluding carboxylic acids is 1. The zero-order chi connectivity index (χ0) is 10.1. The lowest BCUT2D eigenvalue weighted by atomic mass is 10.0. The van der Waals surface area contributed by atoms with Crippen LogP contribution < -0.4 is 0 Å². The average molecular weight is 190 g/mol. The average Bonchev–Trinajstić information content (AvgIpc) is 2.44. The summed E-state index contributed by atoms with van der Waals surface area (Å²) in [5, 5.41) is 8.62. The van der Waals surface area contributed by atoms with Crippen LogP contribution in [0.1, 0.15) is 22.3 Å². The number of hydrogen-bond acceptors (Lipinski definition) is 2. The van der Waals surface area contributed by atoms with E-state index in [1.807, 2.05) is 12.1 Å². The smallest absolute Gasteiger partial charge is 0.304 e. The van der Waals surface area contributed by atoms with Crippen molar-refractivity contribution in [3.05, 3.63) is 35.4 Å². The van der Waals surface area contributed by atoms with Gasteiger partial charge in [0, 0.05) is 11.5 Å².